The maximum absolute atomic E-state index is 6.23. The molecule has 0 saturated heterocycles. The summed E-state index contributed by atoms with van der Waals surface area (Å²) in [5, 5.41) is 1.88. The molecule has 0 bridgehead atoms. The monoisotopic (exact) mass is 219 g/mol. The fourth-order valence-electron chi connectivity index (χ4n) is 1.78. The largest absolute Gasteiger partial charge is 0.252 e. The topological polar surface area (TPSA) is 12.9 Å². The van der Waals surface area contributed by atoms with Crippen molar-refractivity contribution in [2.45, 2.75) is 26.7 Å². The van der Waals surface area contributed by atoms with Gasteiger partial charge < -0.3 is 0 Å². The molecule has 2 heteroatoms. The van der Waals surface area contributed by atoms with E-state index in [4.69, 9.17) is 11.6 Å². The van der Waals surface area contributed by atoms with Gasteiger partial charge in [-0.3, -0.25) is 4.98 Å². The molecule has 1 heterocycles. The molecule has 1 nitrogen and oxygen atoms in total. The van der Waals surface area contributed by atoms with Gasteiger partial charge in [-0.05, 0) is 24.5 Å². The summed E-state index contributed by atoms with van der Waals surface area (Å²) in [6.45, 7) is 4.24. The van der Waals surface area contributed by atoms with Crippen molar-refractivity contribution in [2.75, 3.05) is 0 Å². The number of para-hydroxylation sites is 1. The molecule has 0 atom stereocenters. The Labute approximate surface area is 95.1 Å². The van der Waals surface area contributed by atoms with Crippen LogP contribution in [0.25, 0.3) is 10.9 Å². The molecule has 15 heavy (non-hydrogen) atoms. The molecule has 0 amide bonds. The minimum Gasteiger partial charge on any atom is -0.252 e. The Hall–Kier alpha value is -1.08. The lowest BCUT2D eigenvalue weighted by molar-refractivity contribution is 1.05. The molecule has 0 spiro atoms. The molecule has 0 aliphatic rings. The number of pyridine rings is 1. The molecule has 0 unspecified atom stereocenters. The molecule has 2 rings (SSSR count). The summed E-state index contributed by atoms with van der Waals surface area (Å²) in [6, 6.07) is 8.15. The van der Waals surface area contributed by atoms with Crippen LogP contribution in [0.3, 0.4) is 0 Å². The van der Waals surface area contributed by atoms with E-state index in [0.717, 1.165) is 34.5 Å². The van der Waals surface area contributed by atoms with Crippen molar-refractivity contribution in [1.82, 2.24) is 4.98 Å². The highest BCUT2D eigenvalue weighted by Crippen LogP contribution is 2.25. The highest BCUT2D eigenvalue weighted by molar-refractivity contribution is 6.35. The number of hydrogen-bond acceptors (Lipinski definition) is 1. The normalized spacial score (nSPS) is 10.9. The van der Waals surface area contributed by atoms with Crippen molar-refractivity contribution < 1.29 is 0 Å². The Balaban J connectivity index is 2.79. The molecule has 0 aliphatic carbocycles. The molecule has 0 N–H and O–H groups in total. The van der Waals surface area contributed by atoms with Crippen molar-refractivity contribution in [3.05, 3.63) is 40.5 Å². The van der Waals surface area contributed by atoms with Gasteiger partial charge in [-0.25, -0.2) is 0 Å². The Morgan fingerprint density at radius 2 is 2.00 bits per heavy atom. The summed E-state index contributed by atoms with van der Waals surface area (Å²) >= 11 is 6.23. The molecule has 1 aromatic heterocycles. The smallest absolute Gasteiger partial charge is 0.0752 e. The zero-order valence-electron chi connectivity index (χ0n) is 9.05. The van der Waals surface area contributed by atoms with E-state index >= 15 is 0 Å². The summed E-state index contributed by atoms with van der Waals surface area (Å²) in [6.07, 6.45) is 1.92. The number of aromatic nitrogens is 1. The maximum atomic E-state index is 6.23. The van der Waals surface area contributed by atoms with E-state index in [1.165, 1.54) is 5.56 Å². The summed E-state index contributed by atoms with van der Waals surface area (Å²) in [5.41, 5.74) is 3.39. The first-order valence-electron chi connectivity index (χ1n) is 5.33. The predicted octanol–water partition coefficient (Wildman–Crippen LogP) is 4.01. The van der Waals surface area contributed by atoms with Crippen molar-refractivity contribution >= 4 is 22.5 Å². The summed E-state index contributed by atoms with van der Waals surface area (Å²) in [7, 11) is 0. The van der Waals surface area contributed by atoms with E-state index in [2.05, 4.69) is 24.9 Å². The number of fused-ring (bicyclic) bond motifs is 1. The maximum Gasteiger partial charge on any atom is 0.0752 e. The molecule has 0 radical (unpaired) electrons. The highest BCUT2D eigenvalue weighted by Gasteiger charge is 2.05. The van der Waals surface area contributed by atoms with Crippen LogP contribution < -0.4 is 0 Å². The minimum absolute atomic E-state index is 0.812. The van der Waals surface area contributed by atoms with Crippen LogP contribution in [0.15, 0.2) is 24.3 Å². The predicted molar refractivity (Wildman–Crippen MR) is 65.5 cm³/mol. The Morgan fingerprint density at radius 3 is 2.67 bits per heavy atom. The lowest BCUT2D eigenvalue weighted by Crippen LogP contribution is -1.92. The van der Waals surface area contributed by atoms with Gasteiger partial charge in [0.2, 0.25) is 0 Å². The van der Waals surface area contributed by atoms with Gasteiger partial charge in [0.15, 0.2) is 0 Å². The molecular formula is C13H14ClN. The van der Waals surface area contributed by atoms with E-state index in [1.54, 1.807) is 0 Å². The summed E-state index contributed by atoms with van der Waals surface area (Å²) < 4.78 is 0. The van der Waals surface area contributed by atoms with Crippen molar-refractivity contribution in [3.8, 4) is 0 Å². The SMILES string of the molecule is CCc1cc(Cl)c2cccc(CC)c2n1. The van der Waals surface area contributed by atoms with Crippen molar-refractivity contribution in [2.24, 2.45) is 0 Å². The van der Waals surface area contributed by atoms with Gasteiger partial charge in [0, 0.05) is 11.1 Å². The van der Waals surface area contributed by atoms with Gasteiger partial charge in [-0.2, -0.15) is 0 Å². The van der Waals surface area contributed by atoms with Gasteiger partial charge >= 0.3 is 0 Å². The van der Waals surface area contributed by atoms with Crippen LogP contribution in [0.2, 0.25) is 5.02 Å². The molecule has 1 aromatic carbocycles. The fraction of sp³-hybridized carbons (Fsp3) is 0.308. The molecule has 0 saturated carbocycles. The number of aryl methyl sites for hydroxylation is 2. The van der Waals surface area contributed by atoms with Crippen LogP contribution in [0.5, 0.6) is 0 Å². The molecule has 0 aliphatic heterocycles. The fourth-order valence-corrected chi connectivity index (χ4v) is 2.06. The van der Waals surface area contributed by atoms with Crippen molar-refractivity contribution in [3.63, 3.8) is 0 Å². The molecule has 78 valence electrons. The van der Waals surface area contributed by atoms with Gasteiger partial charge in [-0.1, -0.05) is 43.6 Å². The minimum atomic E-state index is 0.812. The van der Waals surface area contributed by atoms with E-state index in [-0.39, 0.29) is 0 Å². The van der Waals surface area contributed by atoms with E-state index in [9.17, 15) is 0 Å². The number of halogens is 1. The second kappa shape index (κ2) is 4.19. The Bertz CT molecular complexity index is 491. The molecular weight excluding hydrogens is 206 g/mol. The zero-order chi connectivity index (χ0) is 10.8. The first-order valence-corrected chi connectivity index (χ1v) is 5.71. The number of benzene rings is 1. The van der Waals surface area contributed by atoms with E-state index in [0.29, 0.717) is 0 Å². The lowest BCUT2D eigenvalue weighted by atomic mass is 10.1. The Kier molecular flexibility index (Phi) is 2.92. The summed E-state index contributed by atoms with van der Waals surface area (Å²) in [5.74, 6) is 0. The van der Waals surface area contributed by atoms with Crippen LogP contribution in [-0.2, 0) is 12.8 Å². The van der Waals surface area contributed by atoms with Gasteiger partial charge in [0.25, 0.3) is 0 Å². The van der Waals surface area contributed by atoms with E-state index in [1.807, 2.05) is 18.2 Å². The second-order valence-electron chi connectivity index (χ2n) is 3.62. The third kappa shape index (κ3) is 1.84. The van der Waals surface area contributed by atoms with E-state index < -0.39 is 0 Å². The number of rotatable bonds is 2. The van der Waals surface area contributed by atoms with Crippen LogP contribution in [0, 0.1) is 0 Å². The zero-order valence-corrected chi connectivity index (χ0v) is 9.80. The van der Waals surface area contributed by atoms with Crippen LogP contribution in [-0.4, -0.2) is 4.98 Å². The van der Waals surface area contributed by atoms with Crippen LogP contribution in [0.4, 0.5) is 0 Å². The Morgan fingerprint density at radius 1 is 1.20 bits per heavy atom. The lowest BCUT2D eigenvalue weighted by Gasteiger charge is -2.07. The molecule has 2 aromatic rings. The van der Waals surface area contributed by atoms with Gasteiger partial charge in [0.05, 0.1) is 10.5 Å². The van der Waals surface area contributed by atoms with Crippen LogP contribution >= 0.6 is 11.6 Å². The van der Waals surface area contributed by atoms with Crippen molar-refractivity contribution in [1.29, 1.82) is 0 Å². The number of nitrogens with zero attached hydrogens (tertiary/aromatic N) is 1. The van der Waals surface area contributed by atoms with Crippen LogP contribution in [0.1, 0.15) is 25.1 Å². The second-order valence-corrected chi connectivity index (χ2v) is 4.02. The quantitative estimate of drug-likeness (QED) is 0.744. The molecule has 0 fully saturated rings. The van der Waals surface area contributed by atoms with Gasteiger partial charge in [0.1, 0.15) is 0 Å². The average Bonchev–Trinajstić information content (AvgIpc) is 2.28. The van der Waals surface area contributed by atoms with Gasteiger partial charge in [-0.15, -0.1) is 0 Å². The highest BCUT2D eigenvalue weighted by atomic mass is 35.5. The third-order valence-corrected chi connectivity index (χ3v) is 2.98. The summed E-state index contributed by atoms with van der Waals surface area (Å²) in [4.78, 5) is 4.64. The third-order valence-electron chi connectivity index (χ3n) is 2.67. The first kappa shape index (κ1) is 10.4. The average molecular weight is 220 g/mol. The first-order chi connectivity index (χ1) is 7.26. The number of hydrogen-bond donors (Lipinski definition) is 0. The standard InChI is InChI=1S/C13H14ClN/c1-3-9-6-5-7-11-12(14)8-10(4-2)15-13(9)11/h5-8H,3-4H2,1-2H3.